The molecule has 2 aromatic carbocycles. The molecule has 0 aliphatic heterocycles. The van der Waals surface area contributed by atoms with Gasteiger partial charge in [-0.2, -0.15) is 12.6 Å². The highest BCUT2D eigenvalue weighted by molar-refractivity contribution is 7.80. The number of carbonyl (C=O) groups excluding carboxylic acids is 3. The summed E-state index contributed by atoms with van der Waals surface area (Å²) in [5, 5.41) is 26.5. The molecular formula is C27H32N6O6S. The van der Waals surface area contributed by atoms with E-state index >= 15 is 0 Å². The lowest BCUT2D eigenvalue weighted by atomic mass is 10.0. The van der Waals surface area contributed by atoms with Crippen LogP contribution in [0.3, 0.4) is 0 Å². The Hall–Kier alpha value is -4.36. The minimum absolute atomic E-state index is 0.0254. The predicted molar refractivity (Wildman–Crippen MR) is 150 cm³/mol. The number of phenols is 1. The van der Waals surface area contributed by atoms with E-state index in [1.54, 1.807) is 42.5 Å². The summed E-state index contributed by atoms with van der Waals surface area (Å²) in [4.78, 5) is 57.8. The number of H-pyrrole nitrogens is 1. The third-order valence-corrected chi connectivity index (χ3v) is 6.42. The number of aromatic nitrogens is 2. The highest BCUT2D eigenvalue weighted by atomic mass is 32.1. The third kappa shape index (κ3) is 9.13. The van der Waals surface area contributed by atoms with Crippen LogP contribution >= 0.6 is 12.6 Å². The Kier molecular flexibility index (Phi) is 11.1. The summed E-state index contributed by atoms with van der Waals surface area (Å²) < 4.78 is 0. The number of aromatic hydroxyl groups is 1. The van der Waals surface area contributed by atoms with Gasteiger partial charge in [0.05, 0.1) is 12.4 Å². The van der Waals surface area contributed by atoms with E-state index in [4.69, 9.17) is 5.73 Å². The maximum atomic E-state index is 13.5. The van der Waals surface area contributed by atoms with Gasteiger partial charge in [-0.05, 0) is 29.7 Å². The zero-order valence-electron chi connectivity index (χ0n) is 21.5. The van der Waals surface area contributed by atoms with Gasteiger partial charge in [-0.1, -0.05) is 42.5 Å². The summed E-state index contributed by atoms with van der Waals surface area (Å²) in [7, 11) is 0. The Morgan fingerprint density at radius 1 is 0.825 bits per heavy atom. The lowest BCUT2D eigenvalue weighted by Gasteiger charge is -2.25. The van der Waals surface area contributed by atoms with Crippen molar-refractivity contribution in [1.82, 2.24) is 25.9 Å². The van der Waals surface area contributed by atoms with Crippen molar-refractivity contribution in [3.05, 3.63) is 83.9 Å². The van der Waals surface area contributed by atoms with Crippen LogP contribution in [-0.2, 0) is 38.4 Å². The second-order valence-electron chi connectivity index (χ2n) is 9.15. The normalized spacial score (nSPS) is 13.8. The van der Waals surface area contributed by atoms with Crippen LogP contribution in [0.4, 0.5) is 0 Å². The van der Waals surface area contributed by atoms with Gasteiger partial charge < -0.3 is 36.9 Å². The summed E-state index contributed by atoms with van der Waals surface area (Å²) in [5.74, 6) is -3.32. The van der Waals surface area contributed by atoms with Crippen LogP contribution in [0.1, 0.15) is 16.8 Å². The Balaban J connectivity index is 1.78. The molecule has 1 aromatic heterocycles. The molecule has 0 spiro atoms. The number of hydrogen-bond donors (Lipinski definition) is 8. The molecule has 0 aliphatic rings. The summed E-state index contributed by atoms with van der Waals surface area (Å²) in [5.41, 5.74) is 8.10. The number of carboxylic acid groups (broad SMARTS) is 1. The fourth-order valence-electron chi connectivity index (χ4n) is 3.87. The number of nitrogens with zero attached hydrogens (tertiary/aromatic N) is 1. The molecule has 4 atom stereocenters. The van der Waals surface area contributed by atoms with Crippen LogP contribution in [0.2, 0.25) is 0 Å². The summed E-state index contributed by atoms with van der Waals surface area (Å²) in [6.07, 6.45) is 3.18. The summed E-state index contributed by atoms with van der Waals surface area (Å²) in [6.45, 7) is 0. The number of rotatable bonds is 14. The summed E-state index contributed by atoms with van der Waals surface area (Å²) >= 11 is 3.98. The number of amides is 3. The number of benzene rings is 2. The predicted octanol–water partition coefficient (Wildman–Crippen LogP) is -0.0607. The van der Waals surface area contributed by atoms with Crippen LogP contribution in [0.5, 0.6) is 5.75 Å². The van der Waals surface area contributed by atoms with Crippen molar-refractivity contribution < 1.29 is 29.4 Å². The minimum Gasteiger partial charge on any atom is -0.508 e. The number of imidazole rings is 1. The van der Waals surface area contributed by atoms with Crippen molar-refractivity contribution in [2.75, 3.05) is 5.75 Å². The Morgan fingerprint density at radius 3 is 1.98 bits per heavy atom. The van der Waals surface area contributed by atoms with Gasteiger partial charge >= 0.3 is 5.97 Å². The van der Waals surface area contributed by atoms with E-state index in [1.165, 1.54) is 24.7 Å². The number of carbonyl (C=O) groups is 4. The van der Waals surface area contributed by atoms with E-state index in [9.17, 15) is 29.4 Å². The fourth-order valence-corrected chi connectivity index (χ4v) is 4.12. The first kappa shape index (κ1) is 30.2. The van der Waals surface area contributed by atoms with Crippen molar-refractivity contribution in [3.63, 3.8) is 0 Å². The molecule has 12 nitrogen and oxygen atoms in total. The Morgan fingerprint density at radius 2 is 1.40 bits per heavy atom. The van der Waals surface area contributed by atoms with Crippen LogP contribution in [-0.4, -0.2) is 73.8 Å². The maximum absolute atomic E-state index is 13.5. The number of nitrogens with two attached hydrogens (primary N) is 1. The van der Waals surface area contributed by atoms with E-state index < -0.39 is 47.9 Å². The number of phenolic OH excluding ortho intramolecular Hbond substituents is 1. The first-order valence-corrected chi connectivity index (χ1v) is 13.1. The number of hydrogen-bond acceptors (Lipinski definition) is 8. The van der Waals surface area contributed by atoms with E-state index in [0.29, 0.717) is 11.3 Å². The topological polar surface area (TPSA) is 200 Å². The van der Waals surface area contributed by atoms with Crippen LogP contribution in [0.25, 0.3) is 0 Å². The average Bonchev–Trinajstić information content (AvgIpc) is 3.45. The van der Waals surface area contributed by atoms with Crippen LogP contribution in [0, 0.1) is 0 Å². The first-order valence-electron chi connectivity index (χ1n) is 12.5. The van der Waals surface area contributed by atoms with Gasteiger partial charge in [0, 0.05) is 30.5 Å². The number of aliphatic carboxylic acids is 1. The monoisotopic (exact) mass is 568 g/mol. The van der Waals surface area contributed by atoms with Gasteiger partial charge in [-0.15, -0.1) is 0 Å². The van der Waals surface area contributed by atoms with E-state index in [1.807, 2.05) is 0 Å². The second kappa shape index (κ2) is 14.7. The summed E-state index contributed by atoms with van der Waals surface area (Å²) in [6, 6.07) is 10.6. The van der Waals surface area contributed by atoms with Crippen molar-refractivity contribution in [2.24, 2.45) is 5.73 Å². The number of carboxylic acids is 1. The number of nitrogens with one attached hydrogen (secondary N) is 4. The smallest absolute Gasteiger partial charge is 0.327 e. The largest absolute Gasteiger partial charge is 0.508 e. The van der Waals surface area contributed by atoms with Gasteiger partial charge in [-0.3, -0.25) is 14.4 Å². The van der Waals surface area contributed by atoms with E-state index in [-0.39, 0.29) is 30.8 Å². The Labute approximate surface area is 236 Å². The van der Waals surface area contributed by atoms with Crippen molar-refractivity contribution in [1.29, 1.82) is 0 Å². The first-order chi connectivity index (χ1) is 19.2. The third-order valence-electron chi connectivity index (χ3n) is 6.05. The highest BCUT2D eigenvalue weighted by Gasteiger charge is 2.30. The van der Waals surface area contributed by atoms with Gasteiger partial charge in [-0.25, -0.2) is 9.78 Å². The van der Waals surface area contributed by atoms with Crippen molar-refractivity contribution in [2.45, 2.75) is 43.4 Å². The maximum Gasteiger partial charge on any atom is 0.327 e. The van der Waals surface area contributed by atoms with Crippen LogP contribution < -0.4 is 21.7 Å². The molecule has 0 aliphatic carbocycles. The average molecular weight is 569 g/mol. The molecular weight excluding hydrogens is 536 g/mol. The molecule has 212 valence electrons. The van der Waals surface area contributed by atoms with Gasteiger partial charge in [0.25, 0.3) is 0 Å². The zero-order chi connectivity index (χ0) is 29.1. The van der Waals surface area contributed by atoms with Crippen molar-refractivity contribution in [3.8, 4) is 5.75 Å². The Bertz CT molecular complexity index is 1270. The molecule has 3 amide bonds. The van der Waals surface area contributed by atoms with E-state index in [0.717, 1.165) is 5.56 Å². The lowest BCUT2D eigenvalue weighted by molar-refractivity contribution is -0.141. The van der Waals surface area contributed by atoms with Gasteiger partial charge in [0.2, 0.25) is 17.7 Å². The number of aromatic amines is 1. The minimum atomic E-state index is -1.26. The van der Waals surface area contributed by atoms with E-state index in [2.05, 4.69) is 38.5 Å². The fraction of sp³-hybridized carbons (Fsp3) is 0.296. The second-order valence-corrected chi connectivity index (χ2v) is 9.52. The molecule has 0 fully saturated rings. The van der Waals surface area contributed by atoms with Gasteiger partial charge in [0.1, 0.15) is 23.9 Å². The SMILES string of the molecule is NC(Cc1ccc(O)cc1)C(=O)NC(Cc1cnc[nH]1)C(=O)NC(Cc1ccccc1)C(=O)NC(CS)C(=O)O. The molecule has 13 heteroatoms. The molecule has 4 unspecified atom stereocenters. The van der Waals surface area contributed by atoms with Crippen LogP contribution in [0.15, 0.2) is 67.1 Å². The molecule has 0 radical (unpaired) electrons. The molecule has 3 rings (SSSR count). The number of thiol groups is 1. The van der Waals surface area contributed by atoms with Gasteiger partial charge in [0.15, 0.2) is 0 Å². The standard InChI is InChI=1S/C27H32N6O6S/c28-20(10-17-6-8-19(34)9-7-17)24(35)31-22(12-18-13-29-15-30-18)26(37)32-21(11-16-4-2-1-3-5-16)25(36)33-23(14-40)27(38)39/h1-9,13,15,20-23,34,40H,10-12,14,28H2,(H,29,30)(H,31,35)(H,32,37)(H,33,36)(H,38,39). The molecule has 0 saturated carbocycles. The highest BCUT2D eigenvalue weighted by Crippen LogP contribution is 2.11. The molecule has 3 aromatic rings. The molecule has 8 N–H and O–H groups in total. The lowest BCUT2D eigenvalue weighted by Crippen LogP contribution is -2.58. The molecule has 0 bridgehead atoms. The molecule has 40 heavy (non-hydrogen) atoms. The van der Waals surface area contributed by atoms with Crippen molar-refractivity contribution >= 4 is 36.3 Å². The zero-order valence-corrected chi connectivity index (χ0v) is 22.4. The quantitative estimate of drug-likeness (QED) is 0.124. The molecule has 0 saturated heterocycles. The molecule has 1 heterocycles.